The van der Waals surface area contributed by atoms with Gasteiger partial charge in [-0.2, -0.15) is 0 Å². The normalized spacial score (nSPS) is 16.7. The van der Waals surface area contributed by atoms with Crippen molar-refractivity contribution in [3.63, 3.8) is 0 Å². The summed E-state index contributed by atoms with van der Waals surface area (Å²) in [5.74, 6) is 2.52. The molecule has 1 aliphatic rings. The number of ether oxygens (including phenoxy) is 1. The van der Waals surface area contributed by atoms with Crippen LogP contribution in [0.4, 0.5) is 5.69 Å². The number of pyridine rings is 2. The Balaban J connectivity index is 1.41. The summed E-state index contributed by atoms with van der Waals surface area (Å²) in [6.07, 6.45) is 3.67. The van der Waals surface area contributed by atoms with Crippen LogP contribution in [0.15, 0.2) is 97.3 Å². The van der Waals surface area contributed by atoms with Gasteiger partial charge in [0.25, 0.3) is 0 Å². The number of benzene rings is 2. The number of rotatable bonds is 6. The molecule has 200 valence electrons. The summed E-state index contributed by atoms with van der Waals surface area (Å²) >= 11 is 5.96. The number of thiocarbonyl (C=S) groups is 1. The highest BCUT2D eigenvalue weighted by molar-refractivity contribution is 7.80. The Morgan fingerprint density at radius 1 is 0.800 bits per heavy atom. The second-order valence-electron chi connectivity index (χ2n) is 10.2. The van der Waals surface area contributed by atoms with Crippen LogP contribution in [0.5, 0.6) is 11.5 Å². The molecule has 6 rings (SSSR count). The smallest absolute Gasteiger partial charge is 0.174 e. The molecule has 2 aromatic carbocycles. The fourth-order valence-corrected chi connectivity index (χ4v) is 5.84. The SMILES string of the molecule is Cc1ccc(Oc2ccc(N3C(=S)N[C@H](c4ccccn4)[C@H]3c3cc(C)n(-c4ncccc4C)c3C)cc2)cc1. The van der Waals surface area contributed by atoms with Crippen molar-refractivity contribution in [1.29, 1.82) is 0 Å². The van der Waals surface area contributed by atoms with Crippen LogP contribution in [0.2, 0.25) is 0 Å². The molecule has 0 unspecified atom stereocenters. The molecule has 6 nitrogen and oxygen atoms in total. The Morgan fingerprint density at radius 3 is 2.17 bits per heavy atom. The third-order valence-electron chi connectivity index (χ3n) is 7.45. The largest absolute Gasteiger partial charge is 0.457 e. The average Bonchev–Trinajstić information content (AvgIpc) is 3.46. The molecule has 0 radical (unpaired) electrons. The predicted molar refractivity (Wildman–Crippen MR) is 163 cm³/mol. The van der Waals surface area contributed by atoms with Gasteiger partial charge in [0.2, 0.25) is 0 Å². The second-order valence-corrected chi connectivity index (χ2v) is 10.6. The van der Waals surface area contributed by atoms with E-state index >= 15 is 0 Å². The molecule has 1 aliphatic heterocycles. The van der Waals surface area contributed by atoms with E-state index in [0.29, 0.717) is 5.11 Å². The van der Waals surface area contributed by atoms with Gasteiger partial charge in [-0.05, 0) is 112 Å². The first-order valence-corrected chi connectivity index (χ1v) is 13.8. The highest BCUT2D eigenvalue weighted by atomic mass is 32.1. The topological polar surface area (TPSA) is 55.2 Å². The number of nitrogens with zero attached hydrogens (tertiary/aromatic N) is 4. The second kappa shape index (κ2) is 10.6. The molecule has 3 aromatic heterocycles. The summed E-state index contributed by atoms with van der Waals surface area (Å²) in [5.41, 5.74) is 7.66. The Bertz CT molecular complexity index is 1660. The van der Waals surface area contributed by atoms with Gasteiger partial charge in [-0.25, -0.2) is 4.98 Å². The lowest BCUT2D eigenvalue weighted by atomic mass is 9.96. The van der Waals surface area contributed by atoms with Gasteiger partial charge >= 0.3 is 0 Å². The van der Waals surface area contributed by atoms with Gasteiger partial charge in [0.15, 0.2) is 5.11 Å². The van der Waals surface area contributed by atoms with Crippen molar-refractivity contribution in [2.24, 2.45) is 0 Å². The number of aromatic nitrogens is 3. The number of hydrogen-bond acceptors (Lipinski definition) is 4. The van der Waals surface area contributed by atoms with Gasteiger partial charge in [0, 0.05) is 29.5 Å². The van der Waals surface area contributed by atoms with Crippen LogP contribution in [-0.4, -0.2) is 19.6 Å². The fourth-order valence-electron chi connectivity index (χ4n) is 5.49. The van der Waals surface area contributed by atoms with E-state index in [0.717, 1.165) is 45.6 Å². The number of hydrogen-bond donors (Lipinski definition) is 1. The standard InChI is InChI=1S/C33H31N5OS/c1-21-10-14-26(15-11-21)39-27-16-12-25(13-17-27)38-31(30(36-33(38)40)29-9-5-6-18-34-29)28-20-23(3)37(24(28)4)32-22(2)8-7-19-35-32/h5-20,30-31H,1-4H3,(H,36,40)/t30-,31-/m1/s1. The summed E-state index contributed by atoms with van der Waals surface area (Å²) in [7, 11) is 0. The molecule has 5 aromatic rings. The Kier molecular flexibility index (Phi) is 6.82. The van der Waals surface area contributed by atoms with Crippen molar-refractivity contribution in [3.8, 4) is 17.3 Å². The first-order chi connectivity index (χ1) is 19.4. The lowest BCUT2D eigenvalue weighted by molar-refractivity contribution is 0.482. The summed E-state index contributed by atoms with van der Waals surface area (Å²) in [5, 5.41) is 4.23. The molecule has 1 N–H and O–H groups in total. The fraction of sp³-hybridized carbons (Fsp3) is 0.182. The van der Waals surface area contributed by atoms with E-state index in [-0.39, 0.29) is 12.1 Å². The first kappa shape index (κ1) is 25.8. The third-order valence-corrected chi connectivity index (χ3v) is 7.77. The minimum atomic E-state index is -0.129. The van der Waals surface area contributed by atoms with Crippen LogP contribution < -0.4 is 15.0 Å². The van der Waals surface area contributed by atoms with E-state index in [1.54, 1.807) is 0 Å². The summed E-state index contributed by atoms with van der Waals surface area (Å²) in [6.45, 7) is 8.44. The molecule has 1 fully saturated rings. The molecule has 0 amide bonds. The van der Waals surface area contributed by atoms with Crippen LogP contribution in [-0.2, 0) is 0 Å². The lowest BCUT2D eigenvalue weighted by Gasteiger charge is -2.28. The van der Waals surface area contributed by atoms with Crippen molar-refractivity contribution in [3.05, 3.63) is 131 Å². The molecule has 0 saturated carbocycles. The highest BCUT2D eigenvalue weighted by Crippen LogP contribution is 2.44. The maximum absolute atomic E-state index is 6.09. The molecule has 1 saturated heterocycles. The van der Waals surface area contributed by atoms with Crippen LogP contribution in [0, 0.1) is 27.7 Å². The molecule has 0 aliphatic carbocycles. The zero-order chi connectivity index (χ0) is 27.8. The summed E-state index contributed by atoms with van der Waals surface area (Å²) < 4.78 is 8.33. The van der Waals surface area contributed by atoms with Gasteiger partial charge in [-0.3, -0.25) is 4.98 Å². The number of aryl methyl sites for hydroxylation is 3. The van der Waals surface area contributed by atoms with Crippen LogP contribution in [0.3, 0.4) is 0 Å². The Hall–Kier alpha value is -4.49. The molecule has 4 heterocycles. The van der Waals surface area contributed by atoms with Gasteiger partial charge in [0.05, 0.1) is 17.8 Å². The monoisotopic (exact) mass is 545 g/mol. The average molecular weight is 546 g/mol. The van der Waals surface area contributed by atoms with E-state index in [1.807, 2.05) is 67.0 Å². The van der Waals surface area contributed by atoms with Crippen molar-refractivity contribution in [2.45, 2.75) is 39.8 Å². The first-order valence-electron chi connectivity index (χ1n) is 13.4. The highest BCUT2D eigenvalue weighted by Gasteiger charge is 2.42. The quantitative estimate of drug-likeness (QED) is 0.223. The number of anilines is 1. The Labute approximate surface area is 240 Å². The minimum absolute atomic E-state index is 0.116. The van der Waals surface area contributed by atoms with E-state index in [2.05, 4.69) is 72.8 Å². The van der Waals surface area contributed by atoms with Crippen LogP contribution in [0.25, 0.3) is 5.82 Å². The summed E-state index contributed by atoms with van der Waals surface area (Å²) in [6, 6.07) is 28.2. The van der Waals surface area contributed by atoms with E-state index in [1.165, 1.54) is 11.1 Å². The van der Waals surface area contributed by atoms with Crippen LogP contribution >= 0.6 is 12.2 Å². The van der Waals surface area contributed by atoms with E-state index < -0.39 is 0 Å². The maximum Gasteiger partial charge on any atom is 0.174 e. The van der Waals surface area contributed by atoms with E-state index in [9.17, 15) is 0 Å². The van der Waals surface area contributed by atoms with Crippen molar-refractivity contribution in [2.75, 3.05) is 4.90 Å². The molecule has 2 atom stereocenters. The Morgan fingerprint density at radius 2 is 1.50 bits per heavy atom. The summed E-state index contributed by atoms with van der Waals surface area (Å²) in [4.78, 5) is 11.6. The van der Waals surface area contributed by atoms with Gasteiger partial charge in [0.1, 0.15) is 17.3 Å². The van der Waals surface area contributed by atoms with Crippen molar-refractivity contribution in [1.82, 2.24) is 19.9 Å². The molecule has 7 heteroatoms. The zero-order valence-electron chi connectivity index (χ0n) is 23.0. The molecule has 40 heavy (non-hydrogen) atoms. The lowest BCUT2D eigenvalue weighted by Crippen LogP contribution is -2.29. The van der Waals surface area contributed by atoms with Crippen LogP contribution in [0.1, 0.15) is 45.9 Å². The van der Waals surface area contributed by atoms with Crippen molar-refractivity contribution < 1.29 is 4.74 Å². The molecular weight excluding hydrogens is 514 g/mol. The van der Waals surface area contributed by atoms with E-state index in [4.69, 9.17) is 26.9 Å². The zero-order valence-corrected chi connectivity index (χ0v) is 23.8. The van der Waals surface area contributed by atoms with Crippen molar-refractivity contribution >= 4 is 23.0 Å². The molecule has 0 bridgehead atoms. The third kappa shape index (κ3) is 4.73. The molecular formula is C33H31N5OS. The molecule has 0 spiro atoms. The van der Waals surface area contributed by atoms with Gasteiger partial charge in [-0.1, -0.05) is 29.8 Å². The predicted octanol–water partition coefficient (Wildman–Crippen LogP) is 7.47. The van der Waals surface area contributed by atoms with Gasteiger partial charge < -0.3 is 19.5 Å². The maximum atomic E-state index is 6.09. The number of nitrogens with one attached hydrogen (secondary N) is 1. The van der Waals surface area contributed by atoms with Gasteiger partial charge in [-0.15, -0.1) is 0 Å². The minimum Gasteiger partial charge on any atom is -0.457 e.